The molecule has 0 fully saturated rings. The second kappa shape index (κ2) is 2.33. The molecule has 0 radical (unpaired) electrons. The van der Waals surface area contributed by atoms with Crippen molar-refractivity contribution >= 4 is 32.7 Å². The lowest BCUT2D eigenvalue weighted by Gasteiger charge is -2.02. The van der Waals surface area contributed by atoms with Gasteiger partial charge in [0.05, 0.1) is 0 Å². The smallest absolute Gasteiger partial charge is 0.383 e. The molecule has 0 rings (SSSR count). The van der Waals surface area contributed by atoms with Crippen molar-refractivity contribution in [3.63, 3.8) is 0 Å². The first kappa shape index (κ1) is 6.98. The second-order valence-corrected chi connectivity index (χ2v) is 8.88. The Morgan fingerprint density at radius 3 is 1.50 bits per heavy atom. The molecule has 0 aliphatic rings. The van der Waals surface area contributed by atoms with E-state index in [1.54, 1.807) is 0 Å². The van der Waals surface area contributed by atoms with E-state index in [9.17, 15) is 0 Å². The van der Waals surface area contributed by atoms with Crippen molar-refractivity contribution in [3.05, 3.63) is 0 Å². The van der Waals surface area contributed by atoms with Gasteiger partial charge < -0.3 is 14.4 Å². The van der Waals surface area contributed by atoms with E-state index >= 15 is 0 Å². The van der Waals surface area contributed by atoms with E-state index in [0.29, 0.717) is 15.2 Å². The zero-order chi connectivity index (χ0) is 5.21. The topological polar surface area (TPSA) is 60.7 Å². The van der Waals surface area contributed by atoms with Crippen LogP contribution in [-0.2, 0) is 0 Å². The van der Waals surface area contributed by atoms with Gasteiger partial charge in [-0.25, -0.2) is 9.58 Å². The third kappa shape index (κ3) is 4.98. The average Bonchev–Trinajstić information content (AvgIpc) is 1.35. The molecule has 0 spiro atoms. The molecule has 0 atom stereocenters. The second-order valence-electron chi connectivity index (χ2n) is 0.778. The molecule has 6 heteroatoms. The Morgan fingerprint density at radius 2 is 1.50 bits per heavy atom. The summed E-state index contributed by atoms with van der Waals surface area (Å²) in [6.07, 6.45) is 0. The SMILES string of the molecule is O[Si](O)(O)[S][AlH2]. The first-order chi connectivity index (χ1) is 2.56. The molecular formula is H5AlO3SSi. The fourth-order valence-corrected chi connectivity index (χ4v) is 0. The minimum absolute atomic E-state index is 0.576. The summed E-state index contributed by atoms with van der Waals surface area (Å²) in [4.78, 5) is 24.2. The highest BCUT2D eigenvalue weighted by atomic mass is 32.5. The van der Waals surface area contributed by atoms with Gasteiger partial charge in [0.1, 0.15) is 0 Å². The summed E-state index contributed by atoms with van der Waals surface area (Å²) in [5, 5.41) is 0. The largest absolute Gasteiger partial charge is 0.544 e. The maximum absolute atomic E-state index is 8.07. The van der Waals surface area contributed by atoms with E-state index in [2.05, 4.69) is 0 Å². The monoisotopic (exact) mass is 140 g/mol. The molecule has 0 aromatic carbocycles. The van der Waals surface area contributed by atoms with Crippen LogP contribution in [0.5, 0.6) is 0 Å². The molecule has 6 heavy (non-hydrogen) atoms. The van der Waals surface area contributed by atoms with Crippen molar-refractivity contribution in [2.75, 3.05) is 0 Å². The summed E-state index contributed by atoms with van der Waals surface area (Å²) in [6, 6.07) is 0. The van der Waals surface area contributed by atoms with Gasteiger partial charge in [-0.3, -0.25) is 0 Å². The molecule has 3 nitrogen and oxygen atoms in total. The van der Waals surface area contributed by atoms with Crippen molar-refractivity contribution in [3.8, 4) is 0 Å². The first-order valence-electron chi connectivity index (χ1n) is 1.28. The van der Waals surface area contributed by atoms with Gasteiger partial charge in [-0.2, -0.15) is 0 Å². The molecule has 3 N–H and O–H groups in total. The predicted octanol–water partition coefficient (Wildman–Crippen LogP) is -2.32. The minimum Gasteiger partial charge on any atom is -0.383 e. The molecule has 0 aromatic heterocycles. The van der Waals surface area contributed by atoms with Gasteiger partial charge in [0.25, 0.3) is 0 Å². The van der Waals surface area contributed by atoms with E-state index < -0.39 is 7.95 Å². The fourth-order valence-electron chi connectivity index (χ4n) is 0. The summed E-state index contributed by atoms with van der Waals surface area (Å²) in [5.74, 6) is 0. The quantitative estimate of drug-likeness (QED) is 0.358. The normalized spacial score (nSPS) is 11.8. The molecule has 0 unspecified atom stereocenters. The van der Waals surface area contributed by atoms with Crippen LogP contribution in [0.25, 0.3) is 0 Å². The van der Waals surface area contributed by atoms with E-state index in [1.807, 2.05) is 0 Å². The molecule has 0 aromatic rings. The predicted molar refractivity (Wildman–Crippen MR) is 28.5 cm³/mol. The molecular weight excluding hydrogens is 135 g/mol. The number of rotatable bonds is 1. The van der Waals surface area contributed by atoms with Gasteiger partial charge in [-0.15, -0.1) is 0 Å². The highest BCUT2D eigenvalue weighted by Gasteiger charge is 2.22. The van der Waals surface area contributed by atoms with Crippen molar-refractivity contribution in [2.24, 2.45) is 0 Å². The number of hydrogen-bond donors (Lipinski definition) is 3. The molecule has 0 saturated carbocycles. The molecule has 36 valence electrons. The van der Waals surface area contributed by atoms with Crippen LogP contribution in [0, 0.1) is 0 Å². The summed E-state index contributed by atoms with van der Waals surface area (Å²) < 4.78 is 0. The summed E-state index contributed by atoms with van der Waals surface area (Å²) in [7, 11) is -2.83. The Balaban J connectivity index is 3.17. The summed E-state index contributed by atoms with van der Waals surface area (Å²) in [5.41, 5.74) is 0. The van der Waals surface area contributed by atoms with Crippen LogP contribution in [-0.4, -0.2) is 37.5 Å². The van der Waals surface area contributed by atoms with Crippen LogP contribution in [0.1, 0.15) is 0 Å². The van der Waals surface area contributed by atoms with Crippen LogP contribution in [0.15, 0.2) is 0 Å². The molecule has 0 amide bonds. The molecule has 0 aliphatic heterocycles. The van der Waals surface area contributed by atoms with Crippen LogP contribution in [0.2, 0.25) is 0 Å². The van der Waals surface area contributed by atoms with Crippen molar-refractivity contribution in [2.45, 2.75) is 0 Å². The van der Waals surface area contributed by atoms with Gasteiger partial charge in [0.15, 0.2) is 0 Å². The van der Waals surface area contributed by atoms with E-state index in [1.165, 1.54) is 0 Å². The lowest BCUT2D eigenvalue weighted by molar-refractivity contribution is 0.265. The van der Waals surface area contributed by atoms with Crippen molar-refractivity contribution in [1.82, 2.24) is 0 Å². The lowest BCUT2D eigenvalue weighted by Crippen LogP contribution is -2.29. The standard InChI is InChI=1S/Al.H3O3SSi.2H/c;1-5(2,3)4;;/h;1-3H;;/q+1;-1;;. The van der Waals surface area contributed by atoms with Crippen LogP contribution in [0.4, 0.5) is 0 Å². The molecule has 0 saturated heterocycles. The van der Waals surface area contributed by atoms with Gasteiger partial charge >= 0.3 is 23.1 Å². The number of hydrogen-bond acceptors (Lipinski definition) is 4. The summed E-state index contributed by atoms with van der Waals surface area (Å²) >= 11 is 0.576. The zero-order valence-electron chi connectivity index (χ0n) is 3.25. The first-order valence-corrected chi connectivity index (χ1v) is 7.52. The van der Waals surface area contributed by atoms with Crippen LogP contribution < -0.4 is 0 Å². The van der Waals surface area contributed by atoms with Gasteiger partial charge in [-0.05, 0) is 0 Å². The van der Waals surface area contributed by atoms with E-state index in [4.69, 9.17) is 14.4 Å². The lowest BCUT2D eigenvalue weighted by atomic mass is 15.8. The Labute approximate surface area is 47.5 Å². The molecule has 0 heterocycles. The third-order valence-electron chi connectivity index (χ3n) is 0.274. The molecule has 0 aliphatic carbocycles. The van der Waals surface area contributed by atoms with E-state index in [-0.39, 0.29) is 0 Å². The van der Waals surface area contributed by atoms with Crippen molar-refractivity contribution in [1.29, 1.82) is 0 Å². The average molecular weight is 140 g/mol. The maximum atomic E-state index is 8.07. The Hall–Kier alpha value is 0.979. The van der Waals surface area contributed by atoms with Gasteiger partial charge in [0, 0.05) is 0 Å². The highest BCUT2D eigenvalue weighted by Crippen LogP contribution is 2.00. The van der Waals surface area contributed by atoms with Gasteiger partial charge in [0.2, 0.25) is 0 Å². The fraction of sp³-hybridized carbons (Fsp3) is 0. The third-order valence-corrected chi connectivity index (χ3v) is 7.39. The Bertz CT molecular complexity index is 40.5. The van der Waals surface area contributed by atoms with Gasteiger partial charge in [-0.1, -0.05) is 0 Å². The minimum atomic E-state index is -3.65. The van der Waals surface area contributed by atoms with Crippen LogP contribution >= 0.6 is 9.58 Å². The maximum Gasteiger partial charge on any atom is 0.544 e. The molecule has 0 bridgehead atoms. The Kier molecular flexibility index (Phi) is 2.71. The summed E-state index contributed by atoms with van der Waals surface area (Å²) in [6.45, 7) is 0. The highest BCUT2D eigenvalue weighted by molar-refractivity contribution is 8.41. The zero-order valence-corrected chi connectivity index (χ0v) is 7.07. The van der Waals surface area contributed by atoms with Crippen molar-refractivity contribution < 1.29 is 14.4 Å². The van der Waals surface area contributed by atoms with E-state index in [0.717, 1.165) is 9.58 Å². The van der Waals surface area contributed by atoms with Crippen LogP contribution in [0.3, 0.4) is 0 Å². The Morgan fingerprint density at radius 1 is 1.33 bits per heavy atom.